The fourth-order valence-electron chi connectivity index (χ4n) is 2.88. The Kier molecular flexibility index (Phi) is 2.94. The van der Waals surface area contributed by atoms with Crippen LogP contribution < -0.4 is 5.11 Å². The lowest BCUT2D eigenvalue weighted by Gasteiger charge is -2.09. The lowest BCUT2D eigenvalue weighted by atomic mass is 9.98. The van der Waals surface area contributed by atoms with E-state index in [1.807, 2.05) is 42.5 Å². The third kappa shape index (κ3) is 2.06. The van der Waals surface area contributed by atoms with E-state index in [1.165, 1.54) is 5.39 Å². The van der Waals surface area contributed by atoms with Crippen molar-refractivity contribution in [2.24, 2.45) is 0 Å². The SMILES string of the molecule is [O-]c1ccc(-c2c(-c3ccccc3)[nH]c3ccccc23)cc1. The molecule has 22 heavy (non-hydrogen) atoms. The molecule has 4 aromatic rings. The Hall–Kier alpha value is -3.00. The Balaban J connectivity index is 2.04. The third-order valence-corrected chi connectivity index (χ3v) is 3.91. The van der Waals surface area contributed by atoms with Gasteiger partial charge in [0.1, 0.15) is 0 Å². The van der Waals surface area contributed by atoms with Crippen LogP contribution in [-0.2, 0) is 0 Å². The van der Waals surface area contributed by atoms with Gasteiger partial charge in [-0.25, -0.2) is 0 Å². The summed E-state index contributed by atoms with van der Waals surface area (Å²) in [6.45, 7) is 0. The number of fused-ring (bicyclic) bond motifs is 1. The molecule has 2 nitrogen and oxygen atoms in total. The summed E-state index contributed by atoms with van der Waals surface area (Å²) in [5.41, 5.74) is 5.51. The largest absolute Gasteiger partial charge is 0.872 e. The number of hydrogen-bond acceptors (Lipinski definition) is 1. The number of rotatable bonds is 2. The quantitative estimate of drug-likeness (QED) is 0.575. The zero-order valence-electron chi connectivity index (χ0n) is 11.9. The van der Waals surface area contributed by atoms with Crippen molar-refractivity contribution in [1.82, 2.24) is 4.98 Å². The average molecular weight is 284 g/mol. The van der Waals surface area contributed by atoms with Gasteiger partial charge in [0.05, 0.1) is 5.69 Å². The van der Waals surface area contributed by atoms with E-state index >= 15 is 0 Å². The molecule has 0 unspecified atom stereocenters. The Morgan fingerprint density at radius 3 is 2.09 bits per heavy atom. The second-order valence-corrected chi connectivity index (χ2v) is 5.31. The first-order valence-electron chi connectivity index (χ1n) is 7.26. The maximum absolute atomic E-state index is 11.4. The van der Waals surface area contributed by atoms with E-state index in [9.17, 15) is 5.11 Å². The lowest BCUT2D eigenvalue weighted by molar-refractivity contribution is -0.268. The van der Waals surface area contributed by atoms with Crippen LogP contribution in [0, 0.1) is 0 Å². The molecular formula is C20H14NO-. The molecule has 106 valence electrons. The van der Waals surface area contributed by atoms with E-state index in [0.29, 0.717) is 0 Å². The molecular weight excluding hydrogens is 270 g/mol. The zero-order valence-corrected chi connectivity index (χ0v) is 11.9. The predicted molar refractivity (Wildman–Crippen MR) is 88.6 cm³/mol. The number of benzene rings is 3. The summed E-state index contributed by atoms with van der Waals surface area (Å²) in [4.78, 5) is 3.52. The number of aromatic amines is 1. The van der Waals surface area contributed by atoms with Crippen LogP contribution in [0.5, 0.6) is 5.75 Å². The molecule has 0 saturated heterocycles. The highest BCUT2D eigenvalue weighted by Crippen LogP contribution is 2.38. The monoisotopic (exact) mass is 284 g/mol. The van der Waals surface area contributed by atoms with Crippen LogP contribution in [0.2, 0.25) is 0 Å². The molecule has 0 aliphatic carbocycles. The first-order valence-corrected chi connectivity index (χ1v) is 7.26. The normalized spacial score (nSPS) is 10.9. The first-order chi connectivity index (χ1) is 10.8. The van der Waals surface area contributed by atoms with Crippen LogP contribution in [0.25, 0.3) is 33.3 Å². The molecule has 0 atom stereocenters. The molecule has 0 saturated carbocycles. The van der Waals surface area contributed by atoms with E-state index in [-0.39, 0.29) is 5.75 Å². The van der Waals surface area contributed by atoms with Crippen molar-refractivity contribution in [3.05, 3.63) is 78.9 Å². The standard InChI is InChI=1S/C20H15NO/c22-16-12-10-14(11-13-16)19-17-8-4-5-9-18(17)21-20(19)15-6-2-1-3-7-15/h1-13,21-22H/p-1. The Labute approximate surface area is 128 Å². The van der Waals surface area contributed by atoms with Gasteiger partial charge >= 0.3 is 0 Å². The fourth-order valence-corrected chi connectivity index (χ4v) is 2.88. The van der Waals surface area contributed by atoms with Crippen molar-refractivity contribution in [2.75, 3.05) is 0 Å². The van der Waals surface area contributed by atoms with Crippen LogP contribution >= 0.6 is 0 Å². The van der Waals surface area contributed by atoms with Gasteiger partial charge in [0.2, 0.25) is 0 Å². The van der Waals surface area contributed by atoms with Crippen LogP contribution in [0.3, 0.4) is 0 Å². The van der Waals surface area contributed by atoms with Crippen molar-refractivity contribution in [1.29, 1.82) is 0 Å². The summed E-state index contributed by atoms with van der Waals surface area (Å²) in [6.07, 6.45) is 0. The highest BCUT2D eigenvalue weighted by Gasteiger charge is 2.14. The Morgan fingerprint density at radius 1 is 0.636 bits per heavy atom. The first kappa shape index (κ1) is 12.7. The Bertz CT molecular complexity index is 921. The summed E-state index contributed by atoms with van der Waals surface area (Å²) in [7, 11) is 0. The molecule has 0 bridgehead atoms. The maximum Gasteiger partial charge on any atom is 0.0544 e. The second-order valence-electron chi connectivity index (χ2n) is 5.31. The average Bonchev–Trinajstić information content (AvgIpc) is 2.96. The molecule has 0 spiro atoms. The molecule has 0 radical (unpaired) electrons. The molecule has 0 aliphatic heterocycles. The van der Waals surface area contributed by atoms with Crippen LogP contribution in [-0.4, -0.2) is 4.98 Å². The van der Waals surface area contributed by atoms with Gasteiger partial charge in [-0.2, -0.15) is 0 Å². The summed E-state index contributed by atoms with van der Waals surface area (Å²) in [5.74, 6) is 0.0323. The summed E-state index contributed by atoms with van der Waals surface area (Å²) in [5, 5.41) is 12.6. The van der Waals surface area contributed by atoms with Gasteiger partial charge in [0.25, 0.3) is 0 Å². The number of hydrogen-bond donors (Lipinski definition) is 1. The minimum atomic E-state index is 0.0323. The molecule has 1 heterocycles. The highest BCUT2D eigenvalue weighted by molar-refractivity contribution is 6.03. The maximum atomic E-state index is 11.4. The lowest BCUT2D eigenvalue weighted by Crippen LogP contribution is -1.88. The van der Waals surface area contributed by atoms with Gasteiger partial charge < -0.3 is 10.1 Å². The Morgan fingerprint density at radius 2 is 1.32 bits per heavy atom. The molecule has 2 heteroatoms. The minimum absolute atomic E-state index is 0.0323. The van der Waals surface area contributed by atoms with Crippen molar-refractivity contribution < 1.29 is 5.11 Å². The van der Waals surface area contributed by atoms with E-state index in [2.05, 4.69) is 29.2 Å². The minimum Gasteiger partial charge on any atom is -0.872 e. The summed E-state index contributed by atoms with van der Waals surface area (Å²) < 4.78 is 0. The number of aromatic nitrogens is 1. The molecule has 4 rings (SSSR count). The van der Waals surface area contributed by atoms with Gasteiger partial charge in [-0.05, 0) is 17.2 Å². The van der Waals surface area contributed by atoms with Crippen molar-refractivity contribution >= 4 is 10.9 Å². The van der Waals surface area contributed by atoms with Crippen molar-refractivity contribution in [3.63, 3.8) is 0 Å². The number of H-pyrrole nitrogens is 1. The number of nitrogens with one attached hydrogen (secondary N) is 1. The van der Waals surface area contributed by atoms with Crippen LogP contribution in [0.15, 0.2) is 78.9 Å². The third-order valence-electron chi connectivity index (χ3n) is 3.91. The van der Waals surface area contributed by atoms with Gasteiger partial charge in [-0.15, -0.1) is 5.75 Å². The molecule has 0 aliphatic rings. The zero-order chi connectivity index (χ0) is 14.9. The molecule has 3 aromatic carbocycles. The van der Waals surface area contributed by atoms with Gasteiger partial charge in [-0.1, -0.05) is 72.8 Å². The summed E-state index contributed by atoms with van der Waals surface area (Å²) >= 11 is 0. The van der Waals surface area contributed by atoms with Crippen molar-refractivity contribution in [3.8, 4) is 28.1 Å². The molecule has 1 aromatic heterocycles. The van der Waals surface area contributed by atoms with E-state index < -0.39 is 0 Å². The number of para-hydroxylation sites is 1. The second kappa shape index (κ2) is 5.08. The van der Waals surface area contributed by atoms with Gasteiger partial charge in [-0.3, -0.25) is 0 Å². The van der Waals surface area contributed by atoms with E-state index in [0.717, 1.165) is 27.9 Å². The smallest absolute Gasteiger partial charge is 0.0544 e. The molecule has 1 N–H and O–H groups in total. The molecule has 0 amide bonds. The van der Waals surface area contributed by atoms with Crippen molar-refractivity contribution in [2.45, 2.75) is 0 Å². The predicted octanol–water partition coefficient (Wildman–Crippen LogP) is 4.58. The molecule has 0 fully saturated rings. The highest BCUT2D eigenvalue weighted by atomic mass is 16.3. The van der Waals surface area contributed by atoms with E-state index in [1.54, 1.807) is 12.1 Å². The van der Waals surface area contributed by atoms with Gasteiger partial charge in [0, 0.05) is 16.5 Å². The van der Waals surface area contributed by atoms with Gasteiger partial charge in [0.15, 0.2) is 0 Å². The van der Waals surface area contributed by atoms with Crippen LogP contribution in [0.4, 0.5) is 0 Å². The topological polar surface area (TPSA) is 38.8 Å². The fraction of sp³-hybridized carbons (Fsp3) is 0. The summed E-state index contributed by atoms with van der Waals surface area (Å²) in [6, 6.07) is 25.5. The van der Waals surface area contributed by atoms with Crippen LogP contribution in [0.1, 0.15) is 0 Å². The van der Waals surface area contributed by atoms with E-state index in [4.69, 9.17) is 0 Å².